The quantitative estimate of drug-likeness (QED) is 0.833. The Morgan fingerprint density at radius 1 is 0.966 bits per heavy atom. The number of hydrogen-bond acceptors (Lipinski definition) is 3. The van der Waals surface area contributed by atoms with Gasteiger partial charge in [-0.1, -0.05) is 56.7 Å². The van der Waals surface area contributed by atoms with Crippen LogP contribution >= 0.6 is 0 Å². The zero-order valence-electron chi connectivity index (χ0n) is 17.0. The summed E-state index contributed by atoms with van der Waals surface area (Å²) in [5, 5.41) is 4.13. The monoisotopic (exact) mass is 391 g/mol. The van der Waals surface area contributed by atoms with Gasteiger partial charge in [0.2, 0.25) is 0 Å². The van der Waals surface area contributed by atoms with E-state index in [1.54, 1.807) is 0 Å². The van der Waals surface area contributed by atoms with E-state index >= 15 is 0 Å². The van der Waals surface area contributed by atoms with E-state index in [1.165, 1.54) is 38.5 Å². The fourth-order valence-electron chi connectivity index (χ4n) is 5.41. The Morgan fingerprint density at radius 2 is 1.66 bits per heavy atom. The van der Waals surface area contributed by atoms with Gasteiger partial charge in [0.1, 0.15) is 5.69 Å². The van der Waals surface area contributed by atoms with Crippen LogP contribution in [0.5, 0.6) is 0 Å². The Bertz CT molecular complexity index is 943. The first-order valence-corrected chi connectivity index (χ1v) is 11.3. The number of aromatic nitrogens is 1. The van der Waals surface area contributed by atoms with Gasteiger partial charge in [-0.3, -0.25) is 9.59 Å². The molecule has 5 nitrogen and oxygen atoms in total. The van der Waals surface area contributed by atoms with Crippen molar-refractivity contribution in [2.45, 2.75) is 82.8 Å². The first kappa shape index (κ1) is 18.6. The third-order valence-corrected chi connectivity index (χ3v) is 6.97. The molecule has 0 radical (unpaired) electrons. The highest BCUT2D eigenvalue weighted by atomic mass is 16.2. The highest BCUT2D eigenvalue weighted by Gasteiger charge is 2.38. The third-order valence-electron chi connectivity index (χ3n) is 6.97. The summed E-state index contributed by atoms with van der Waals surface area (Å²) >= 11 is 0. The van der Waals surface area contributed by atoms with E-state index < -0.39 is 0 Å². The summed E-state index contributed by atoms with van der Waals surface area (Å²) in [5.41, 5.74) is 2.72. The summed E-state index contributed by atoms with van der Waals surface area (Å²) in [4.78, 5) is 33.3. The number of pyridine rings is 1. The lowest BCUT2D eigenvalue weighted by molar-refractivity contribution is 0.0655. The smallest absolute Gasteiger partial charge is 0.273 e. The van der Waals surface area contributed by atoms with Crippen molar-refractivity contribution in [1.29, 1.82) is 0 Å². The molecule has 0 saturated heterocycles. The van der Waals surface area contributed by atoms with Gasteiger partial charge < -0.3 is 10.2 Å². The topological polar surface area (TPSA) is 62.3 Å². The van der Waals surface area contributed by atoms with Gasteiger partial charge >= 0.3 is 0 Å². The summed E-state index contributed by atoms with van der Waals surface area (Å²) < 4.78 is 0. The molecular weight excluding hydrogens is 362 g/mol. The lowest BCUT2D eigenvalue weighted by atomic mass is 9.94. The average molecular weight is 392 g/mol. The van der Waals surface area contributed by atoms with Crippen LogP contribution in [0.2, 0.25) is 0 Å². The van der Waals surface area contributed by atoms with Crippen LogP contribution in [0.1, 0.15) is 90.6 Å². The second-order valence-electron chi connectivity index (χ2n) is 8.86. The molecule has 5 heteroatoms. The van der Waals surface area contributed by atoms with Gasteiger partial charge in [0.25, 0.3) is 11.8 Å². The van der Waals surface area contributed by atoms with Crippen LogP contribution in [-0.4, -0.2) is 33.8 Å². The molecule has 2 amide bonds. The van der Waals surface area contributed by atoms with Crippen LogP contribution in [0.4, 0.5) is 0 Å². The van der Waals surface area contributed by atoms with Crippen molar-refractivity contribution in [3.05, 3.63) is 41.1 Å². The average Bonchev–Trinajstić information content (AvgIpc) is 3.09. The Hall–Kier alpha value is -2.43. The lowest BCUT2D eigenvalue weighted by Gasteiger charge is -2.30. The number of nitrogens with one attached hydrogen (secondary N) is 1. The van der Waals surface area contributed by atoms with E-state index in [0.29, 0.717) is 17.8 Å². The summed E-state index contributed by atoms with van der Waals surface area (Å²) in [6.45, 7) is 0.518. The Morgan fingerprint density at radius 3 is 2.41 bits per heavy atom. The van der Waals surface area contributed by atoms with Crippen LogP contribution in [-0.2, 0) is 6.54 Å². The number of para-hydroxylation sites is 1. The molecule has 0 bridgehead atoms. The predicted molar refractivity (Wildman–Crippen MR) is 113 cm³/mol. The minimum atomic E-state index is -0.0370. The number of nitrogens with zero attached hydrogens (tertiary/aromatic N) is 2. The molecule has 0 unspecified atom stereocenters. The van der Waals surface area contributed by atoms with Crippen molar-refractivity contribution in [1.82, 2.24) is 15.2 Å². The standard InChI is InChI=1S/C24H29N3O2/c28-23(25-16-9-3-1-4-10-16)21-18-13-7-8-14-20(18)26-22-19(21)15-27(24(22)29)17-11-5-2-6-12-17/h7-8,13-14,16-17H,1-6,9-12,15H2,(H,25,28). The van der Waals surface area contributed by atoms with Crippen molar-refractivity contribution < 1.29 is 9.59 Å². The van der Waals surface area contributed by atoms with Gasteiger partial charge in [-0.15, -0.1) is 0 Å². The van der Waals surface area contributed by atoms with Crippen molar-refractivity contribution in [3.8, 4) is 0 Å². The van der Waals surface area contributed by atoms with Gasteiger partial charge in [0.05, 0.1) is 11.1 Å². The zero-order chi connectivity index (χ0) is 19.8. The lowest BCUT2D eigenvalue weighted by Crippen LogP contribution is -2.37. The maximum atomic E-state index is 13.4. The molecule has 2 heterocycles. The van der Waals surface area contributed by atoms with Crippen LogP contribution < -0.4 is 5.32 Å². The van der Waals surface area contributed by atoms with Crippen LogP contribution in [0.25, 0.3) is 10.9 Å². The van der Waals surface area contributed by atoms with Crippen molar-refractivity contribution >= 4 is 22.7 Å². The fourth-order valence-corrected chi connectivity index (χ4v) is 5.41. The van der Waals surface area contributed by atoms with Crippen LogP contribution in [0, 0.1) is 0 Å². The number of carbonyl (C=O) groups is 2. The molecular formula is C24H29N3O2. The van der Waals surface area contributed by atoms with Gasteiger partial charge in [-0.25, -0.2) is 4.98 Å². The maximum absolute atomic E-state index is 13.4. The third kappa shape index (κ3) is 3.41. The van der Waals surface area contributed by atoms with Crippen LogP contribution in [0.15, 0.2) is 24.3 Å². The molecule has 2 saturated carbocycles. The molecule has 1 aliphatic heterocycles. The zero-order valence-corrected chi connectivity index (χ0v) is 17.0. The summed E-state index contributed by atoms with van der Waals surface area (Å²) in [7, 11) is 0. The minimum Gasteiger partial charge on any atom is -0.349 e. The number of hydrogen-bond donors (Lipinski definition) is 1. The highest BCUT2D eigenvalue weighted by molar-refractivity contribution is 6.11. The van der Waals surface area contributed by atoms with Gasteiger partial charge in [-0.05, 0) is 31.7 Å². The molecule has 0 spiro atoms. The van der Waals surface area contributed by atoms with Gasteiger partial charge in [-0.2, -0.15) is 0 Å². The molecule has 3 aliphatic rings. The molecule has 0 atom stereocenters. The Balaban J connectivity index is 1.53. The van der Waals surface area contributed by atoms with E-state index in [4.69, 9.17) is 4.98 Å². The fraction of sp³-hybridized carbons (Fsp3) is 0.542. The van der Waals surface area contributed by atoms with Gasteiger partial charge in [0.15, 0.2) is 0 Å². The van der Waals surface area contributed by atoms with Crippen molar-refractivity contribution in [2.75, 3.05) is 0 Å². The number of amides is 2. The first-order valence-electron chi connectivity index (χ1n) is 11.3. The number of carbonyl (C=O) groups excluding carboxylic acids is 2. The van der Waals surface area contributed by atoms with Crippen molar-refractivity contribution in [2.24, 2.45) is 0 Å². The summed E-state index contributed by atoms with van der Waals surface area (Å²) in [6, 6.07) is 8.26. The second-order valence-corrected chi connectivity index (χ2v) is 8.86. The van der Waals surface area contributed by atoms with Gasteiger partial charge in [0, 0.05) is 29.6 Å². The Kier molecular flexibility index (Phi) is 4.98. The number of fused-ring (bicyclic) bond motifs is 2. The normalized spacial score (nSPS) is 20.8. The van der Waals surface area contributed by atoms with E-state index in [9.17, 15) is 9.59 Å². The minimum absolute atomic E-state index is 0.00405. The molecule has 5 rings (SSSR count). The summed E-state index contributed by atoms with van der Waals surface area (Å²) in [6.07, 6.45) is 11.4. The molecule has 1 aromatic carbocycles. The van der Waals surface area contributed by atoms with E-state index in [2.05, 4.69) is 5.32 Å². The SMILES string of the molecule is O=C(NC1CCCCC1)c1c2c(nc3ccccc13)C(=O)N(C1CCCCC1)C2. The molecule has 152 valence electrons. The molecule has 2 aromatic rings. The van der Waals surface area contributed by atoms with E-state index in [0.717, 1.165) is 42.1 Å². The van der Waals surface area contributed by atoms with E-state index in [1.807, 2.05) is 29.2 Å². The number of benzene rings is 1. The molecule has 29 heavy (non-hydrogen) atoms. The highest BCUT2D eigenvalue weighted by Crippen LogP contribution is 2.34. The largest absolute Gasteiger partial charge is 0.349 e. The van der Waals surface area contributed by atoms with Crippen molar-refractivity contribution in [3.63, 3.8) is 0 Å². The van der Waals surface area contributed by atoms with E-state index in [-0.39, 0.29) is 23.9 Å². The molecule has 2 fully saturated rings. The molecule has 1 N–H and O–H groups in total. The predicted octanol–water partition coefficient (Wildman–Crippen LogP) is 4.59. The molecule has 2 aliphatic carbocycles. The number of rotatable bonds is 3. The van der Waals surface area contributed by atoms with Crippen LogP contribution in [0.3, 0.4) is 0 Å². The maximum Gasteiger partial charge on any atom is 0.273 e. The molecule has 1 aromatic heterocycles. The second kappa shape index (κ2) is 7.77. The Labute approximate surface area is 171 Å². The summed E-state index contributed by atoms with van der Waals surface area (Å²) in [5.74, 6) is -0.0330. The first-order chi connectivity index (χ1) is 14.2.